The molecule has 0 spiro atoms. The number of ether oxygens (including phenoxy) is 1. The molecule has 9 heteroatoms. The van der Waals surface area contributed by atoms with Gasteiger partial charge in [-0.05, 0) is 48.9 Å². The average molecular weight is 463 g/mol. The van der Waals surface area contributed by atoms with Crippen LogP contribution in [-0.4, -0.2) is 34.5 Å². The second-order valence-corrected chi connectivity index (χ2v) is 8.95. The molecule has 0 unspecified atom stereocenters. The van der Waals surface area contributed by atoms with Crippen molar-refractivity contribution in [2.24, 2.45) is 0 Å². The van der Waals surface area contributed by atoms with Crippen LogP contribution in [0.1, 0.15) is 12.2 Å². The molecule has 0 bridgehead atoms. The molecule has 0 aliphatic rings. The number of methoxy groups -OCH3 is 1. The van der Waals surface area contributed by atoms with Crippen molar-refractivity contribution in [1.29, 1.82) is 0 Å². The third-order valence-electron chi connectivity index (χ3n) is 4.54. The number of nitrogens with zero attached hydrogens (tertiary/aromatic N) is 1. The van der Waals surface area contributed by atoms with Crippen molar-refractivity contribution in [2.75, 3.05) is 24.5 Å². The predicted octanol–water partition coefficient (Wildman–Crippen LogP) is 3.89. The summed E-state index contributed by atoms with van der Waals surface area (Å²) in [7, 11) is -2.53. The van der Waals surface area contributed by atoms with Crippen molar-refractivity contribution in [3.8, 4) is 5.75 Å². The summed E-state index contributed by atoms with van der Waals surface area (Å²) in [5.74, 6) is 0.811. The first-order valence-corrected chi connectivity index (χ1v) is 11.4. The number of nitrogens with one attached hydrogen (secondary N) is 1. The fourth-order valence-electron chi connectivity index (χ4n) is 2.98. The van der Waals surface area contributed by atoms with Gasteiger partial charge in [0.2, 0.25) is 5.91 Å². The molecular formula is C22H23ClN2O5S. The molecule has 0 saturated carbocycles. The van der Waals surface area contributed by atoms with Crippen LogP contribution in [0.4, 0.5) is 5.69 Å². The molecule has 2 aromatic carbocycles. The minimum Gasteiger partial charge on any atom is -0.495 e. The first-order valence-electron chi connectivity index (χ1n) is 9.62. The van der Waals surface area contributed by atoms with Gasteiger partial charge in [-0.2, -0.15) is 0 Å². The molecule has 1 heterocycles. The number of hydrogen-bond donors (Lipinski definition) is 1. The largest absolute Gasteiger partial charge is 0.495 e. The van der Waals surface area contributed by atoms with Gasteiger partial charge >= 0.3 is 0 Å². The van der Waals surface area contributed by atoms with E-state index in [2.05, 4.69) is 5.32 Å². The molecular weight excluding hydrogens is 440 g/mol. The molecule has 0 radical (unpaired) electrons. The summed E-state index contributed by atoms with van der Waals surface area (Å²) in [6.45, 7) is 0.00274. The van der Waals surface area contributed by atoms with Crippen molar-refractivity contribution in [3.05, 3.63) is 77.7 Å². The Morgan fingerprint density at radius 2 is 1.90 bits per heavy atom. The highest BCUT2D eigenvalue weighted by Gasteiger charge is 2.27. The molecule has 3 aromatic rings. The van der Waals surface area contributed by atoms with Gasteiger partial charge in [-0.1, -0.05) is 29.8 Å². The second-order valence-electron chi connectivity index (χ2n) is 6.68. The van der Waals surface area contributed by atoms with Gasteiger partial charge in [-0.3, -0.25) is 9.10 Å². The zero-order chi connectivity index (χ0) is 22.3. The summed E-state index contributed by atoms with van der Waals surface area (Å²) in [6, 6.07) is 16.2. The number of sulfonamides is 1. The van der Waals surface area contributed by atoms with Gasteiger partial charge in [0.15, 0.2) is 0 Å². The normalized spacial score (nSPS) is 11.2. The van der Waals surface area contributed by atoms with Crippen LogP contribution in [0.15, 0.2) is 76.2 Å². The van der Waals surface area contributed by atoms with E-state index in [1.165, 1.54) is 25.3 Å². The monoisotopic (exact) mass is 462 g/mol. The quantitative estimate of drug-likeness (QED) is 0.462. The number of anilines is 1. The van der Waals surface area contributed by atoms with E-state index < -0.39 is 15.9 Å². The lowest BCUT2D eigenvalue weighted by atomic mass is 10.2. The number of carbonyl (C=O) groups is 1. The van der Waals surface area contributed by atoms with Gasteiger partial charge in [0.1, 0.15) is 18.1 Å². The van der Waals surface area contributed by atoms with Crippen LogP contribution in [0.25, 0.3) is 0 Å². The summed E-state index contributed by atoms with van der Waals surface area (Å²) in [5.41, 5.74) is 0.264. The summed E-state index contributed by atoms with van der Waals surface area (Å²) < 4.78 is 38.0. The van der Waals surface area contributed by atoms with E-state index in [9.17, 15) is 13.2 Å². The SMILES string of the molecule is COc1ccc(N(CC(=O)NCCCc2ccco2)S(=O)(=O)c2ccccc2)cc1Cl. The highest BCUT2D eigenvalue weighted by Crippen LogP contribution is 2.31. The number of furan rings is 1. The van der Waals surface area contributed by atoms with Gasteiger partial charge in [-0.25, -0.2) is 8.42 Å². The fourth-order valence-corrected chi connectivity index (χ4v) is 4.66. The molecule has 7 nitrogen and oxygen atoms in total. The van der Waals surface area contributed by atoms with Crippen LogP contribution in [0, 0.1) is 0 Å². The fraction of sp³-hybridized carbons (Fsp3) is 0.227. The third kappa shape index (κ3) is 5.80. The Labute approximate surface area is 186 Å². The van der Waals surface area contributed by atoms with Crippen LogP contribution < -0.4 is 14.4 Å². The zero-order valence-corrected chi connectivity index (χ0v) is 18.5. The Morgan fingerprint density at radius 3 is 2.55 bits per heavy atom. The lowest BCUT2D eigenvalue weighted by molar-refractivity contribution is -0.119. The third-order valence-corrected chi connectivity index (χ3v) is 6.63. The van der Waals surface area contributed by atoms with E-state index in [1.807, 2.05) is 6.07 Å². The highest BCUT2D eigenvalue weighted by atomic mass is 35.5. The van der Waals surface area contributed by atoms with E-state index in [1.54, 1.807) is 42.7 Å². The smallest absolute Gasteiger partial charge is 0.264 e. The minimum absolute atomic E-state index is 0.0764. The Hall–Kier alpha value is -2.97. The number of benzene rings is 2. The molecule has 1 aromatic heterocycles. The van der Waals surface area contributed by atoms with Gasteiger partial charge in [0.05, 0.1) is 29.0 Å². The molecule has 0 aliphatic carbocycles. The van der Waals surface area contributed by atoms with Crippen molar-refractivity contribution in [3.63, 3.8) is 0 Å². The Morgan fingerprint density at radius 1 is 1.13 bits per heavy atom. The standard InChI is InChI=1S/C22H23ClN2O5S/c1-29-21-12-11-17(15-20(21)23)25(31(27,28)19-9-3-2-4-10-19)16-22(26)24-13-5-7-18-8-6-14-30-18/h2-4,6,8-12,14-15H,5,7,13,16H2,1H3,(H,24,26). The topological polar surface area (TPSA) is 88.8 Å². The molecule has 0 fully saturated rings. The first-order chi connectivity index (χ1) is 14.9. The van der Waals surface area contributed by atoms with Crippen LogP contribution in [0.5, 0.6) is 5.75 Å². The number of carbonyl (C=O) groups excluding carboxylic acids is 1. The average Bonchev–Trinajstić information content (AvgIpc) is 3.29. The maximum Gasteiger partial charge on any atom is 0.264 e. The van der Waals surface area contributed by atoms with Crippen LogP contribution in [-0.2, 0) is 21.2 Å². The lowest BCUT2D eigenvalue weighted by Gasteiger charge is -2.24. The van der Waals surface area contributed by atoms with Crippen molar-refractivity contribution >= 4 is 33.2 Å². The molecule has 0 atom stereocenters. The number of halogens is 1. The molecule has 31 heavy (non-hydrogen) atoms. The molecule has 0 aliphatic heterocycles. The first kappa shape index (κ1) is 22.7. The van der Waals surface area contributed by atoms with Gasteiger partial charge in [-0.15, -0.1) is 0 Å². The summed E-state index contributed by atoms with van der Waals surface area (Å²) in [5, 5.41) is 3.00. The Kier molecular flexibility index (Phi) is 7.59. The highest BCUT2D eigenvalue weighted by molar-refractivity contribution is 7.92. The Balaban J connectivity index is 1.77. The second kappa shape index (κ2) is 10.4. The van der Waals surface area contributed by atoms with E-state index >= 15 is 0 Å². The lowest BCUT2D eigenvalue weighted by Crippen LogP contribution is -2.41. The van der Waals surface area contributed by atoms with Crippen molar-refractivity contribution < 1.29 is 22.4 Å². The van der Waals surface area contributed by atoms with Gasteiger partial charge in [0.25, 0.3) is 10.0 Å². The number of hydrogen-bond acceptors (Lipinski definition) is 5. The molecule has 0 saturated heterocycles. The molecule has 164 valence electrons. The number of amides is 1. The van der Waals surface area contributed by atoms with Crippen LogP contribution >= 0.6 is 11.6 Å². The predicted molar refractivity (Wildman–Crippen MR) is 119 cm³/mol. The molecule has 3 rings (SSSR count). The Bertz CT molecular complexity index is 1100. The van der Waals surface area contributed by atoms with Crippen molar-refractivity contribution in [1.82, 2.24) is 5.32 Å². The van der Waals surface area contributed by atoms with E-state index in [4.69, 9.17) is 20.8 Å². The zero-order valence-electron chi connectivity index (χ0n) is 17.0. The maximum atomic E-state index is 13.3. The summed E-state index contributed by atoms with van der Waals surface area (Å²) >= 11 is 6.20. The van der Waals surface area contributed by atoms with Crippen LogP contribution in [0.3, 0.4) is 0 Å². The molecule has 1 amide bonds. The minimum atomic E-state index is -3.99. The summed E-state index contributed by atoms with van der Waals surface area (Å²) in [4.78, 5) is 12.7. The summed E-state index contributed by atoms with van der Waals surface area (Å²) in [6.07, 6.45) is 2.94. The van der Waals surface area contributed by atoms with Crippen molar-refractivity contribution in [2.45, 2.75) is 17.7 Å². The number of aryl methyl sites for hydroxylation is 1. The number of rotatable bonds is 10. The van der Waals surface area contributed by atoms with E-state index in [0.29, 0.717) is 25.1 Å². The maximum absolute atomic E-state index is 13.3. The van der Waals surface area contributed by atoms with E-state index in [-0.39, 0.29) is 22.2 Å². The van der Waals surface area contributed by atoms with Gasteiger partial charge < -0.3 is 14.5 Å². The van der Waals surface area contributed by atoms with Crippen LogP contribution in [0.2, 0.25) is 5.02 Å². The van der Waals surface area contributed by atoms with E-state index in [0.717, 1.165) is 10.1 Å². The molecule has 1 N–H and O–H groups in total. The van der Waals surface area contributed by atoms with Gasteiger partial charge in [0, 0.05) is 13.0 Å².